The van der Waals surface area contributed by atoms with Crippen molar-refractivity contribution in [3.05, 3.63) is 23.9 Å². The van der Waals surface area contributed by atoms with E-state index in [0.717, 1.165) is 25.1 Å². The summed E-state index contributed by atoms with van der Waals surface area (Å²) in [5.41, 5.74) is 0. The van der Waals surface area contributed by atoms with Crippen molar-refractivity contribution in [2.75, 3.05) is 5.32 Å². The van der Waals surface area contributed by atoms with Gasteiger partial charge in [0.05, 0.1) is 6.20 Å². The number of pyridine rings is 1. The average molecular weight is 184 g/mol. The number of hydrogen-bond acceptors (Lipinski definition) is 2. The first-order chi connectivity index (χ1) is 6.25. The van der Waals surface area contributed by atoms with Crippen LogP contribution in [0.25, 0.3) is 0 Å². The maximum atomic E-state index is 13.0. The molecule has 0 spiro atoms. The molecule has 13 heavy (non-hydrogen) atoms. The number of nitrogens with zero attached hydrogens (tertiary/aromatic N) is 1. The molecular formula is C9H10F2N2. The fourth-order valence-electron chi connectivity index (χ4n) is 1.27. The van der Waals surface area contributed by atoms with Gasteiger partial charge in [-0.2, -0.15) is 0 Å². The SMILES string of the molecule is Fc1cnc(NC2CCC2)c(F)c1. The summed E-state index contributed by atoms with van der Waals surface area (Å²) in [5, 5.41) is 2.92. The molecule has 0 bridgehead atoms. The number of anilines is 1. The van der Waals surface area contributed by atoms with Gasteiger partial charge in [-0.3, -0.25) is 0 Å². The number of rotatable bonds is 2. The lowest BCUT2D eigenvalue weighted by Gasteiger charge is -2.26. The van der Waals surface area contributed by atoms with Crippen LogP contribution in [0.15, 0.2) is 12.3 Å². The maximum absolute atomic E-state index is 13.0. The number of aromatic nitrogens is 1. The monoisotopic (exact) mass is 184 g/mol. The van der Waals surface area contributed by atoms with Gasteiger partial charge in [0.25, 0.3) is 0 Å². The summed E-state index contributed by atoms with van der Waals surface area (Å²) >= 11 is 0. The molecular weight excluding hydrogens is 174 g/mol. The molecule has 0 saturated heterocycles. The first kappa shape index (κ1) is 8.41. The molecule has 1 N–H and O–H groups in total. The zero-order chi connectivity index (χ0) is 9.26. The van der Waals surface area contributed by atoms with Gasteiger partial charge < -0.3 is 5.32 Å². The Bertz CT molecular complexity index is 310. The highest BCUT2D eigenvalue weighted by molar-refractivity contribution is 5.37. The standard InChI is InChI=1S/C9H10F2N2/c10-6-4-8(11)9(12-5-6)13-7-2-1-3-7/h4-5,7H,1-3H2,(H,12,13). The summed E-state index contributed by atoms with van der Waals surface area (Å²) in [6, 6.07) is 1.15. The maximum Gasteiger partial charge on any atom is 0.168 e. The van der Waals surface area contributed by atoms with Gasteiger partial charge in [-0.1, -0.05) is 0 Å². The summed E-state index contributed by atoms with van der Waals surface area (Å²) in [4.78, 5) is 3.64. The van der Waals surface area contributed by atoms with Crippen molar-refractivity contribution in [3.63, 3.8) is 0 Å². The smallest absolute Gasteiger partial charge is 0.168 e. The lowest BCUT2D eigenvalue weighted by Crippen LogP contribution is -2.28. The van der Waals surface area contributed by atoms with Gasteiger partial charge in [0, 0.05) is 12.1 Å². The van der Waals surface area contributed by atoms with Crippen molar-refractivity contribution in [3.8, 4) is 0 Å². The number of hydrogen-bond donors (Lipinski definition) is 1. The molecule has 1 saturated carbocycles. The van der Waals surface area contributed by atoms with Crippen molar-refractivity contribution in [1.82, 2.24) is 4.98 Å². The van der Waals surface area contributed by atoms with E-state index in [0.29, 0.717) is 6.04 Å². The van der Waals surface area contributed by atoms with Crippen LogP contribution in [0.3, 0.4) is 0 Å². The largest absolute Gasteiger partial charge is 0.365 e. The van der Waals surface area contributed by atoms with E-state index in [-0.39, 0.29) is 5.82 Å². The highest BCUT2D eigenvalue weighted by Gasteiger charge is 2.18. The Morgan fingerprint density at radius 2 is 2.15 bits per heavy atom. The predicted molar refractivity (Wildman–Crippen MR) is 45.4 cm³/mol. The van der Waals surface area contributed by atoms with Crippen molar-refractivity contribution < 1.29 is 8.78 Å². The van der Waals surface area contributed by atoms with Gasteiger partial charge in [-0.05, 0) is 19.3 Å². The van der Waals surface area contributed by atoms with Gasteiger partial charge in [0.1, 0.15) is 5.82 Å². The van der Waals surface area contributed by atoms with Crippen molar-refractivity contribution in [2.45, 2.75) is 25.3 Å². The van der Waals surface area contributed by atoms with Crippen LogP contribution in [-0.4, -0.2) is 11.0 Å². The normalized spacial score (nSPS) is 16.8. The quantitative estimate of drug-likeness (QED) is 0.763. The molecule has 0 amide bonds. The number of halogens is 2. The van der Waals surface area contributed by atoms with Gasteiger partial charge in [-0.25, -0.2) is 13.8 Å². The zero-order valence-electron chi connectivity index (χ0n) is 7.06. The molecule has 1 fully saturated rings. The van der Waals surface area contributed by atoms with Crippen LogP contribution in [0.4, 0.5) is 14.6 Å². The van der Waals surface area contributed by atoms with Gasteiger partial charge in [0.15, 0.2) is 11.6 Å². The van der Waals surface area contributed by atoms with Crippen LogP contribution in [0.2, 0.25) is 0 Å². The first-order valence-corrected chi connectivity index (χ1v) is 4.33. The van der Waals surface area contributed by atoms with Crippen LogP contribution in [-0.2, 0) is 0 Å². The Hall–Kier alpha value is -1.19. The van der Waals surface area contributed by atoms with Crippen LogP contribution in [0.5, 0.6) is 0 Å². The summed E-state index contributed by atoms with van der Waals surface area (Å²) in [7, 11) is 0. The Morgan fingerprint density at radius 3 is 2.69 bits per heavy atom. The van der Waals surface area contributed by atoms with Crippen molar-refractivity contribution in [1.29, 1.82) is 0 Å². The molecule has 1 heterocycles. The summed E-state index contributed by atoms with van der Waals surface area (Å²) in [5.74, 6) is -1.10. The minimum Gasteiger partial charge on any atom is -0.365 e. The van der Waals surface area contributed by atoms with Crippen LogP contribution in [0, 0.1) is 11.6 Å². The van der Waals surface area contributed by atoms with E-state index < -0.39 is 11.6 Å². The lowest BCUT2D eigenvalue weighted by molar-refractivity contribution is 0.441. The van der Waals surface area contributed by atoms with Crippen molar-refractivity contribution >= 4 is 5.82 Å². The molecule has 70 valence electrons. The minimum absolute atomic E-state index is 0.158. The van der Waals surface area contributed by atoms with E-state index in [9.17, 15) is 8.78 Å². The van der Waals surface area contributed by atoms with Crippen molar-refractivity contribution in [2.24, 2.45) is 0 Å². The molecule has 1 aromatic rings. The fraction of sp³-hybridized carbons (Fsp3) is 0.444. The highest BCUT2D eigenvalue weighted by atomic mass is 19.1. The topological polar surface area (TPSA) is 24.9 Å². The fourth-order valence-corrected chi connectivity index (χ4v) is 1.27. The summed E-state index contributed by atoms with van der Waals surface area (Å²) < 4.78 is 25.5. The molecule has 4 heteroatoms. The molecule has 0 radical (unpaired) electrons. The minimum atomic E-state index is -0.642. The highest BCUT2D eigenvalue weighted by Crippen LogP contribution is 2.23. The second kappa shape index (κ2) is 3.28. The summed E-state index contributed by atoms with van der Waals surface area (Å²) in [6.45, 7) is 0. The Labute approximate surface area is 75.0 Å². The van der Waals surface area contributed by atoms with E-state index >= 15 is 0 Å². The molecule has 0 aromatic carbocycles. The molecule has 0 aliphatic heterocycles. The average Bonchev–Trinajstić information content (AvgIpc) is 1.99. The molecule has 2 nitrogen and oxygen atoms in total. The van der Waals surface area contributed by atoms with Crippen LogP contribution < -0.4 is 5.32 Å². The molecule has 1 aromatic heterocycles. The van der Waals surface area contributed by atoms with Gasteiger partial charge in [0.2, 0.25) is 0 Å². The van der Waals surface area contributed by atoms with E-state index in [1.165, 1.54) is 6.42 Å². The Kier molecular flexibility index (Phi) is 2.12. The molecule has 0 atom stereocenters. The summed E-state index contributed by atoms with van der Waals surface area (Å²) in [6.07, 6.45) is 4.27. The third-order valence-electron chi connectivity index (χ3n) is 2.25. The predicted octanol–water partition coefficient (Wildman–Crippen LogP) is 2.32. The Balaban J connectivity index is 2.10. The van der Waals surface area contributed by atoms with E-state index in [4.69, 9.17) is 0 Å². The van der Waals surface area contributed by atoms with Gasteiger partial charge in [-0.15, -0.1) is 0 Å². The molecule has 1 aliphatic carbocycles. The third-order valence-corrected chi connectivity index (χ3v) is 2.25. The van der Waals surface area contributed by atoms with Crippen LogP contribution in [0.1, 0.15) is 19.3 Å². The zero-order valence-corrected chi connectivity index (χ0v) is 7.06. The second-order valence-corrected chi connectivity index (χ2v) is 3.26. The van der Waals surface area contributed by atoms with Crippen LogP contribution >= 0.6 is 0 Å². The third kappa shape index (κ3) is 1.76. The molecule has 0 unspecified atom stereocenters. The molecule has 2 rings (SSSR count). The van der Waals surface area contributed by atoms with E-state index in [2.05, 4.69) is 10.3 Å². The lowest BCUT2D eigenvalue weighted by atomic mass is 9.93. The van der Waals surface area contributed by atoms with Gasteiger partial charge >= 0.3 is 0 Å². The number of nitrogens with one attached hydrogen (secondary N) is 1. The first-order valence-electron chi connectivity index (χ1n) is 4.33. The van der Waals surface area contributed by atoms with E-state index in [1.54, 1.807) is 0 Å². The van der Waals surface area contributed by atoms with E-state index in [1.807, 2.05) is 0 Å². The molecule has 1 aliphatic rings. The second-order valence-electron chi connectivity index (χ2n) is 3.26. The Morgan fingerprint density at radius 1 is 1.38 bits per heavy atom.